The van der Waals surface area contributed by atoms with Crippen LogP contribution in [0.3, 0.4) is 0 Å². The van der Waals surface area contributed by atoms with Crippen LogP contribution in [0.5, 0.6) is 5.75 Å². The first-order valence-electron chi connectivity index (χ1n) is 6.68. The van der Waals surface area contributed by atoms with Crippen LogP contribution in [0.15, 0.2) is 24.3 Å². The zero-order valence-corrected chi connectivity index (χ0v) is 12.2. The van der Waals surface area contributed by atoms with Gasteiger partial charge < -0.3 is 10.2 Å². The molecule has 108 valence electrons. The second kappa shape index (κ2) is 5.00. The van der Waals surface area contributed by atoms with E-state index in [4.69, 9.17) is 0 Å². The summed E-state index contributed by atoms with van der Waals surface area (Å²) in [5, 5.41) is 19.1. The highest BCUT2D eigenvalue weighted by Gasteiger charge is 2.35. The van der Waals surface area contributed by atoms with Gasteiger partial charge in [0.15, 0.2) is 5.78 Å². The number of rotatable bonds is 3. The van der Waals surface area contributed by atoms with Crippen LogP contribution in [0.1, 0.15) is 43.6 Å². The number of hydrogen-bond donors (Lipinski definition) is 2. The van der Waals surface area contributed by atoms with Gasteiger partial charge in [-0.1, -0.05) is 12.1 Å². The summed E-state index contributed by atoms with van der Waals surface area (Å²) in [6.07, 6.45) is 1.14. The Morgan fingerprint density at radius 1 is 1.29 bits per heavy atom. The molecule has 1 aromatic carbocycles. The van der Waals surface area contributed by atoms with Crippen molar-refractivity contribution in [2.24, 2.45) is 0 Å². The molecule has 1 aliphatic rings. The van der Waals surface area contributed by atoms with Crippen LogP contribution >= 0.6 is 11.3 Å². The largest absolute Gasteiger partial charge is 0.507 e. The van der Waals surface area contributed by atoms with E-state index in [0.717, 1.165) is 15.3 Å². The lowest BCUT2D eigenvalue weighted by atomic mass is 9.98. The summed E-state index contributed by atoms with van der Waals surface area (Å²) in [5.41, 5.74) is 1.68. The van der Waals surface area contributed by atoms with Crippen molar-refractivity contribution >= 4 is 23.1 Å². The van der Waals surface area contributed by atoms with E-state index in [1.54, 1.807) is 18.2 Å². The third-order valence-corrected chi connectivity index (χ3v) is 5.15. The first-order valence-corrected chi connectivity index (χ1v) is 7.50. The van der Waals surface area contributed by atoms with Gasteiger partial charge >= 0.3 is 5.97 Å². The monoisotopic (exact) mass is 302 g/mol. The molecule has 3 rings (SSSR count). The number of fused-ring (bicyclic) bond motifs is 1. The second-order valence-corrected chi connectivity index (χ2v) is 6.41. The SMILES string of the molecule is Cc1sc2c(c1C(=O)c1ccccc1O)CCC2C(=O)O. The smallest absolute Gasteiger partial charge is 0.311 e. The summed E-state index contributed by atoms with van der Waals surface area (Å²) in [5.74, 6) is -1.62. The van der Waals surface area contributed by atoms with Gasteiger partial charge in [-0.3, -0.25) is 9.59 Å². The number of hydrogen-bond acceptors (Lipinski definition) is 4. The standard InChI is InChI=1S/C16H14O4S/c1-8-13(14(18)9-4-2-3-5-12(9)17)10-6-7-11(16(19)20)15(10)21-8/h2-5,11,17H,6-7H2,1H3,(H,19,20). The van der Waals surface area contributed by atoms with E-state index in [2.05, 4.69) is 0 Å². The molecule has 1 unspecified atom stereocenters. The average molecular weight is 302 g/mol. The maximum atomic E-state index is 12.7. The van der Waals surface area contributed by atoms with Crippen molar-refractivity contribution in [3.05, 3.63) is 50.7 Å². The minimum atomic E-state index is -0.837. The summed E-state index contributed by atoms with van der Waals surface area (Å²) in [6, 6.07) is 6.44. The van der Waals surface area contributed by atoms with E-state index in [0.29, 0.717) is 18.4 Å². The number of aryl methyl sites for hydroxylation is 1. The Kier molecular flexibility index (Phi) is 3.29. The van der Waals surface area contributed by atoms with E-state index in [9.17, 15) is 19.8 Å². The fraction of sp³-hybridized carbons (Fsp3) is 0.250. The number of ketones is 1. The van der Waals surface area contributed by atoms with Crippen LogP contribution in [0.4, 0.5) is 0 Å². The quantitative estimate of drug-likeness (QED) is 0.854. The molecule has 0 saturated heterocycles. The summed E-state index contributed by atoms with van der Waals surface area (Å²) >= 11 is 1.39. The minimum Gasteiger partial charge on any atom is -0.507 e. The zero-order valence-electron chi connectivity index (χ0n) is 11.4. The van der Waals surface area contributed by atoms with Crippen molar-refractivity contribution in [1.82, 2.24) is 0 Å². The van der Waals surface area contributed by atoms with E-state index in [1.807, 2.05) is 6.92 Å². The molecular formula is C16H14O4S. The highest BCUT2D eigenvalue weighted by molar-refractivity contribution is 7.12. The molecule has 1 aliphatic carbocycles. The number of carboxylic acid groups (broad SMARTS) is 1. The third-order valence-electron chi connectivity index (χ3n) is 3.89. The van der Waals surface area contributed by atoms with Gasteiger partial charge in [0.25, 0.3) is 0 Å². The Morgan fingerprint density at radius 2 is 2.00 bits per heavy atom. The maximum absolute atomic E-state index is 12.7. The maximum Gasteiger partial charge on any atom is 0.311 e. The molecule has 1 heterocycles. The third kappa shape index (κ3) is 2.14. The predicted molar refractivity (Wildman–Crippen MR) is 79.3 cm³/mol. The number of aliphatic carboxylic acids is 1. The molecular weight excluding hydrogens is 288 g/mol. The fourth-order valence-corrected chi connectivity index (χ4v) is 4.23. The molecule has 1 aromatic heterocycles. The van der Waals surface area contributed by atoms with Gasteiger partial charge in [0, 0.05) is 15.3 Å². The minimum absolute atomic E-state index is 0.0466. The van der Waals surface area contributed by atoms with E-state index < -0.39 is 11.9 Å². The van der Waals surface area contributed by atoms with Gasteiger partial charge in [0.1, 0.15) is 5.75 Å². The second-order valence-electron chi connectivity index (χ2n) is 5.15. The topological polar surface area (TPSA) is 74.6 Å². The lowest BCUT2D eigenvalue weighted by Gasteiger charge is -2.05. The van der Waals surface area contributed by atoms with Gasteiger partial charge in [0.2, 0.25) is 0 Å². The molecule has 0 amide bonds. The molecule has 5 heteroatoms. The van der Waals surface area contributed by atoms with Gasteiger partial charge in [-0.25, -0.2) is 0 Å². The highest BCUT2D eigenvalue weighted by atomic mass is 32.1. The number of phenols is 1. The van der Waals surface area contributed by atoms with Crippen LogP contribution in [0, 0.1) is 6.92 Å². The van der Waals surface area contributed by atoms with E-state index in [-0.39, 0.29) is 17.1 Å². The normalized spacial score (nSPS) is 16.7. The molecule has 2 N–H and O–H groups in total. The zero-order chi connectivity index (χ0) is 15.1. The van der Waals surface area contributed by atoms with Crippen molar-refractivity contribution < 1.29 is 19.8 Å². The molecule has 0 spiro atoms. The van der Waals surface area contributed by atoms with E-state index >= 15 is 0 Å². The number of para-hydroxylation sites is 1. The number of benzene rings is 1. The van der Waals surface area contributed by atoms with Crippen LogP contribution in [0.25, 0.3) is 0 Å². The van der Waals surface area contributed by atoms with Gasteiger partial charge in [-0.15, -0.1) is 11.3 Å². The van der Waals surface area contributed by atoms with Crippen molar-refractivity contribution in [2.75, 3.05) is 0 Å². The molecule has 0 radical (unpaired) electrons. The van der Waals surface area contributed by atoms with Crippen molar-refractivity contribution in [2.45, 2.75) is 25.7 Å². The first kappa shape index (κ1) is 13.8. The fourth-order valence-electron chi connectivity index (χ4n) is 2.90. The molecule has 0 bridgehead atoms. The van der Waals surface area contributed by atoms with E-state index in [1.165, 1.54) is 17.4 Å². The van der Waals surface area contributed by atoms with Crippen molar-refractivity contribution in [3.63, 3.8) is 0 Å². The summed E-state index contributed by atoms with van der Waals surface area (Å²) in [6.45, 7) is 1.83. The molecule has 2 aromatic rings. The molecule has 0 aliphatic heterocycles. The van der Waals surface area contributed by atoms with Gasteiger partial charge in [-0.2, -0.15) is 0 Å². The number of phenolic OH excluding ortho intramolecular Hbond substituents is 1. The Balaban J connectivity index is 2.09. The molecule has 0 fully saturated rings. The lowest BCUT2D eigenvalue weighted by Crippen LogP contribution is -2.06. The molecule has 4 nitrogen and oxygen atoms in total. The summed E-state index contributed by atoms with van der Waals surface area (Å²) in [7, 11) is 0. The van der Waals surface area contributed by atoms with Crippen LogP contribution < -0.4 is 0 Å². The van der Waals surface area contributed by atoms with Crippen molar-refractivity contribution in [1.29, 1.82) is 0 Å². The number of aromatic hydroxyl groups is 1. The number of carboxylic acids is 1. The first-order chi connectivity index (χ1) is 10.0. The average Bonchev–Trinajstić information content (AvgIpc) is 2.96. The number of thiophene rings is 1. The lowest BCUT2D eigenvalue weighted by molar-refractivity contribution is -0.138. The Bertz CT molecular complexity index is 745. The van der Waals surface area contributed by atoms with Gasteiger partial charge in [0.05, 0.1) is 11.5 Å². The molecule has 1 atom stereocenters. The molecule has 0 saturated carbocycles. The molecule has 21 heavy (non-hydrogen) atoms. The number of carbonyl (C=O) groups is 2. The summed E-state index contributed by atoms with van der Waals surface area (Å²) < 4.78 is 0. The van der Waals surface area contributed by atoms with Crippen molar-refractivity contribution in [3.8, 4) is 5.75 Å². The Morgan fingerprint density at radius 3 is 2.67 bits per heavy atom. The van der Waals surface area contributed by atoms with Crippen LogP contribution in [0.2, 0.25) is 0 Å². The van der Waals surface area contributed by atoms with Crippen LogP contribution in [-0.4, -0.2) is 22.0 Å². The van der Waals surface area contributed by atoms with Crippen LogP contribution in [-0.2, 0) is 11.2 Å². The predicted octanol–water partition coefficient (Wildman–Crippen LogP) is 3.11. The summed E-state index contributed by atoms with van der Waals surface area (Å²) in [4.78, 5) is 25.6. The highest BCUT2D eigenvalue weighted by Crippen LogP contribution is 2.43. The number of carbonyl (C=O) groups excluding carboxylic acids is 1. The Labute approximate surface area is 125 Å². The Hall–Kier alpha value is -2.14. The van der Waals surface area contributed by atoms with Gasteiger partial charge in [-0.05, 0) is 37.5 Å².